The summed E-state index contributed by atoms with van der Waals surface area (Å²) < 4.78 is 18.7. The molecule has 0 amide bonds. The first-order valence-electron chi connectivity index (χ1n) is 36.0. The minimum atomic E-state index is 0.410. The van der Waals surface area contributed by atoms with Gasteiger partial charge in [0.25, 0.3) is 22.6 Å². The van der Waals surface area contributed by atoms with Gasteiger partial charge in [0.05, 0.1) is 77.5 Å². The molecule has 12 aromatic heterocycles. The first kappa shape index (κ1) is 63.6. The average Bonchev–Trinajstić information content (AvgIpc) is 1.52. The summed E-state index contributed by atoms with van der Waals surface area (Å²) in [5, 5.41) is 9.71. The Balaban J connectivity index is 0.0000000994. The molecule has 0 radical (unpaired) electrons. The average molecular weight is 1350 g/mol. The van der Waals surface area contributed by atoms with Crippen LogP contribution in [0.1, 0.15) is 64.5 Å². The van der Waals surface area contributed by atoms with E-state index < -0.39 is 0 Å². The molecule has 0 spiro atoms. The molecular weight excluding hydrogens is 1270 g/mol. The van der Waals surface area contributed by atoms with E-state index >= 15 is 0 Å². The maximum atomic E-state index is 5.29. The molecule has 9 aromatic carbocycles. The van der Waals surface area contributed by atoms with Crippen molar-refractivity contribution in [2.75, 3.05) is 0 Å². The van der Waals surface area contributed by atoms with E-state index in [2.05, 4.69) is 363 Å². The third kappa shape index (κ3) is 9.50. The molecule has 0 aliphatic rings. The topological polar surface area (TPSA) is 84.7 Å². The van der Waals surface area contributed by atoms with Gasteiger partial charge in [-0.2, -0.15) is 17.6 Å². The maximum absolute atomic E-state index is 5.29. The molecule has 21 rings (SSSR count). The lowest BCUT2D eigenvalue weighted by atomic mass is 9.97. The first-order chi connectivity index (χ1) is 50.6. The molecule has 0 atom stereocenters. The number of hydrogen-bond acceptors (Lipinski definition) is 4. The first-order valence-corrected chi connectivity index (χ1v) is 36.0. The zero-order valence-corrected chi connectivity index (χ0v) is 61.0. The van der Waals surface area contributed by atoms with E-state index in [9.17, 15) is 0 Å². The number of benzene rings is 9. The summed E-state index contributed by atoms with van der Waals surface area (Å²) in [6.45, 7) is 19.6. The zero-order chi connectivity index (χ0) is 71.2. The summed E-state index contributed by atoms with van der Waals surface area (Å²) in [4.78, 5) is 20.0. The summed E-state index contributed by atoms with van der Waals surface area (Å²) in [5.74, 6) is 0.410. The molecule has 12 heterocycles. The van der Waals surface area contributed by atoms with Crippen LogP contribution in [0.5, 0.6) is 0 Å². The Hall–Kier alpha value is -12.5. The van der Waals surface area contributed by atoms with E-state index in [1.165, 1.54) is 171 Å². The van der Waals surface area contributed by atoms with Crippen molar-refractivity contribution < 1.29 is 18.3 Å². The summed E-state index contributed by atoms with van der Waals surface area (Å²) in [5.41, 5.74) is 35.8. The van der Waals surface area contributed by atoms with Crippen molar-refractivity contribution >= 4 is 154 Å². The van der Waals surface area contributed by atoms with Gasteiger partial charge in [0.15, 0.2) is 44.1 Å². The third-order valence-electron chi connectivity index (χ3n) is 21.8. The number of aromatic nitrogens is 12. The summed E-state index contributed by atoms with van der Waals surface area (Å²) in [6, 6.07) is 83.9. The fourth-order valence-electron chi connectivity index (χ4n) is 17.2. The normalized spacial score (nSPS) is 12.0. The Bertz CT molecular complexity index is 7210. The number of pyridine rings is 8. The van der Waals surface area contributed by atoms with Crippen molar-refractivity contribution in [1.29, 1.82) is 0 Å². The Morgan fingerprint density at radius 3 is 1.00 bits per heavy atom. The van der Waals surface area contributed by atoms with Crippen LogP contribution in [0, 0.1) is 48.5 Å². The van der Waals surface area contributed by atoms with E-state index in [4.69, 9.17) is 19.9 Å². The summed E-state index contributed by atoms with van der Waals surface area (Å²) in [6.07, 6.45) is 1.91. The van der Waals surface area contributed by atoms with E-state index in [0.717, 1.165) is 39.1 Å². The Kier molecular flexibility index (Phi) is 14.9. The predicted molar refractivity (Wildman–Crippen MR) is 428 cm³/mol. The molecule has 0 saturated carbocycles. The van der Waals surface area contributed by atoms with Gasteiger partial charge < -0.3 is 0 Å². The second-order valence-electron chi connectivity index (χ2n) is 28.6. The van der Waals surface area contributed by atoms with Gasteiger partial charge in [-0.15, -0.1) is 0 Å². The lowest BCUT2D eigenvalue weighted by molar-refractivity contribution is -0.617. The van der Waals surface area contributed by atoms with Crippen molar-refractivity contribution in [3.63, 3.8) is 0 Å². The van der Waals surface area contributed by atoms with Crippen LogP contribution >= 0.6 is 0 Å². The summed E-state index contributed by atoms with van der Waals surface area (Å²) in [7, 11) is 8.59. The largest absolute Gasteiger partial charge is 0.297 e. The number of hydrogen-bond donors (Lipinski definition) is 0. The van der Waals surface area contributed by atoms with Crippen LogP contribution in [0.3, 0.4) is 0 Å². The third-order valence-corrected chi connectivity index (χ3v) is 21.8. The SMILES string of the molecule is Cc1cc(C(C)C)nc2c3ccccc3n3c4ccccc4[n+](C)c3c12.Cc1cc(C)c2c(n1)c1ccccc1n1c3ccccc3[n+](C)c21.Cc1cccc(C)c1-c1cc(C)c2c(n1)c1ccccc1n1c3ccccc3[n+](C)c21.Cc1ccnc2c3ccccc3n3c4ccccc4[n+](C)c3c12. The molecule has 0 saturated heterocycles. The molecule has 12 heteroatoms. The highest BCUT2D eigenvalue weighted by Crippen LogP contribution is 2.39. The predicted octanol–water partition coefficient (Wildman–Crippen LogP) is 19.4. The fraction of sp³-hybridized carbons (Fsp3) is 0.152. The van der Waals surface area contributed by atoms with E-state index in [-0.39, 0.29) is 0 Å². The Morgan fingerprint density at radius 2 is 0.606 bits per heavy atom. The van der Waals surface area contributed by atoms with Crippen LogP contribution < -0.4 is 18.3 Å². The van der Waals surface area contributed by atoms with Gasteiger partial charge in [0.2, 0.25) is 0 Å². The second-order valence-corrected chi connectivity index (χ2v) is 28.6. The highest BCUT2D eigenvalue weighted by molar-refractivity contribution is 6.16. The zero-order valence-electron chi connectivity index (χ0n) is 61.0. The fourth-order valence-corrected chi connectivity index (χ4v) is 17.2. The number of nitrogens with zero attached hydrogens (tertiary/aromatic N) is 12. The quantitative estimate of drug-likeness (QED) is 0.127. The van der Waals surface area contributed by atoms with Crippen molar-refractivity contribution in [3.8, 4) is 11.3 Å². The molecule has 104 heavy (non-hydrogen) atoms. The lowest BCUT2D eigenvalue weighted by Crippen LogP contribution is -2.27. The molecule has 0 bridgehead atoms. The van der Waals surface area contributed by atoms with E-state index in [1.54, 1.807) is 0 Å². The molecule has 21 aromatic rings. The highest BCUT2D eigenvalue weighted by Gasteiger charge is 2.30. The number of imidazole rings is 4. The number of fused-ring (bicyclic) bond motifs is 32. The monoisotopic (exact) mass is 1350 g/mol. The molecule has 0 unspecified atom stereocenters. The molecule has 12 nitrogen and oxygen atoms in total. The van der Waals surface area contributed by atoms with Gasteiger partial charge in [-0.1, -0.05) is 129 Å². The van der Waals surface area contributed by atoms with Crippen molar-refractivity contribution in [2.45, 2.75) is 68.2 Å². The van der Waals surface area contributed by atoms with Crippen molar-refractivity contribution in [3.05, 3.63) is 288 Å². The van der Waals surface area contributed by atoms with Gasteiger partial charge in [-0.25, -0.2) is 23.3 Å². The minimum Gasteiger partial charge on any atom is -0.255 e. The molecule has 0 fully saturated rings. The van der Waals surface area contributed by atoms with Crippen molar-refractivity contribution in [1.82, 2.24) is 37.5 Å². The van der Waals surface area contributed by atoms with Crippen LogP contribution in [-0.2, 0) is 28.2 Å². The van der Waals surface area contributed by atoms with Crippen LogP contribution in [0.2, 0.25) is 0 Å². The lowest BCUT2D eigenvalue weighted by Gasteiger charge is -2.13. The number of aryl methyl sites for hydroxylation is 11. The number of para-hydroxylation sites is 12. The Morgan fingerprint density at radius 1 is 0.288 bits per heavy atom. The molecule has 0 aliphatic carbocycles. The van der Waals surface area contributed by atoms with Gasteiger partial charge in [0, 0.05) is 44.7 Å². The van der Waals surface area contributed by atoms with E-state index in [0.29, 0.717) is 5.92 Å². The highest BCUT2D eigenvalue weighted by atomic mass is 15.1. The van der Waals surface area contributed by atoms with Crippen LogP contribution in [0.15, 0.2) is 243 Å². The van der Waals surface area contributed by atoms with Crippen LogP contribution in [-0.4, -0.2) is 37.5 Å². The van der Waals surface area contributed by atoms with Crippen LogP contribution in [0.4, 0.5) is 0 Å². The standard InChI is InChI=1S/C28H24N3.C23H22N3.C21H18N3.C20H16N3/c1-17-10-9-11-18(2)25(17)21-16-19(3)26-27(29-21)20-12-5-6-13-22(20)31-24-15-8-7-14-23(24)30(4)28(26)31;1-14(2)17-13-15(3)21-22(24-17)16-9-5-6-10-18(16)26-20-12-8-7-11-19(20)25(4)23(21)26;1-13-12-14(2)22-20-15-8-4-5-9-16(15)24-18-11-7-6-10-17(18)23(3)21(24)19(13)20;1-13-11-12-21-19-14-7-3-4-8-15(14)23-17-10-6-5-9-16(17)22(2)20(23)18(13)19/h5-16H,1-4H3;5-14H,1-4H3;4-12H,1-3H3;3-12H,1-2H3/q4*+1. The van der Waals surface area contributed by atoms with Gasteiger partial charge in [0.1, 0.15) is 22.1 Å². The molecule has 0 aliphatic heterocycles. The summed E-state index contributed by atoms with van der Waals surface area (Å²) >= 11 is 0. The van der Waals surface area contributed by atoms with Crippen LogP contribution in [0.25, 0.3) is 165 Å². The molecule has 0 N–H and O–H groups in total. The van der Waals surface area contributed by atoms with Gasteiger partial charge >= 0.3 is 0 Å². The molecule has 504 valence electrons. The minimum absolute atomic E-state index is 0.410. The van der Waals surface area contributed by atoms with Gasteiger partial charge in [-0.3, -0.25) is 15.0 Å². The van der Waals surface area contributed by atoms with Crippen molar-refractivity contribution in [2.24, 2.45) is 28.2 Å². The Labute approximate surface area is 601 Å². The number of rotatable bonds is 2. The second kappa shape index (κ2) is 24.3. The smallest absolute Gasteiger partial charge is 0.255 e. The maximum Gasteiger partial charge on any atom is 0.297 e. The van der Waals surface area contributed by atoms with E-state index in [1.807, 2.05) is 6.20 Å². The van der Waals surface area contributed by atoms with Gasteiger partial charge in [-0.05, 0) is 209 Å². The molecular formula is C92H80N12+4.